The molecule has 37 heavy (non-hydrogen) atoms. The Morgan fingerprint density at radius 2 is 1.41 bits per heavy atom. The van der Waals surface area contributed by atoms with E-state index in [9.17, 15) is 23.1 Å². The quantitative estimate of drug-likeness (QED) is 0.251. The number of hydrogen-bond acceptors (Lipinski definition) is 2. The van der Waals surface area contributed by atoms with Gasteiger partial charge in [-0.1, -0.05) is 97.1 Å². The van der Waals surface area contributed by atoms with Crippen molar-refractivity contribution in [2.45, 2.75) is 38.1 Å². The number of nitrogens with zero attached hydrogens (tertiary/aromatic N) is 1. The third-order valence-corrected chi connectivity index (χ3v) is 6.57. The average Bonchev–Trinajstić information content (AvgIpc) is 2.91. The van der Waals surface area contributed by atoms with Gasteiger partial charge in [0.1, 0.15) is 0 Å². The average molecular weight is 504 g/mol. The SMILES string of the molecule is C[C@H](c1ccccc1)N(Cc1ccccc1)[C@@H](CC(=O)O)c1cccc(-c2ccccc2C(F)(F)F)c1. The molecule has 0 saturated carbocycles. The van der Waals surface area contributed by atoms with Crippen LogP contribution in [-0.4, -0.2) is 16.0 Å². The summed E-state index contributed by atoms with van der Waals surface area (Å²) in [6, 6.07) is 31.1. The second-order valence-electron chi connectivity index (χ2n) is 9.03. The maximum atomic E-state index is 13.7. The van der Waals surface area contributed by atoms with Gasteiger partial charge in [0.25, 0.3) is 0 Å². The lowest BCUT2D eigenvalue weighted by Gasteiger charge is -2.37. The standard InChI is InChI=1S/C31H28F3NO2/c1-22(24-13-6-3-7-14-24)35(21-23-11-4-2-5-12-23)29(20-30(36)37)26-16-10-15-25(19-26)27-17-8-9-18-28(27)31(32,33)34/h2-19,22,29H,20-21H2,1H3,(H,36,37)/t22-,29+/m1/s1. The lowest BCUT2D eigenvalue weighted by Crippen LogP contribution is -2.32. The Balaban J connectivity index is 1.81. The Labute approximate surface area is 214 Å². The minimum Gasteiger partial charge on any atom is -0.481 e. The first-order valence-electron chi connectivity index (χ1n) is 12.1. The molecule has 0 saturated heterocycles. The van der Waals surface area contributed by atoms with E-state index in [1.165, 1.54) is 12.1 Å². The van der Waals surface area contributed by atoms with Crippen molar-refractivity contribution in [2.24, 2.45) is 0 Å². The van der Waals surface area contributed by atoms with Gasteiger partial charge in [-0.2, -0.15) is 13.2 Å². The Hall–Kier alpha value is -3.90. The van der Waals surface area contributed by atoms with Crippen LogP contribution in [0.2, 0.25) is 0 Å². The molecule has 0 heterocycles. The fraction of sp³-hybridized carbons (Fsp3) is 0.194. The first-order chi connectivity index (χ1) is 17.7. The summed E-state index contributed by atoms with van der Waals surface area (Å²) in [6.07, 6.45) is -4.71. The van der Waals surface area contributed by atoms with Gasteiger partial charge in [0.15, 0.2) is 0 Å². The molecule has 2 atom stereocenters. The van der Waals surface area contributed by atoms with Gasteiger partial charge < -0.3 is 5.11 Å². The fourth-order valence-electron chi connectivity index (χ4n) is 4.72. The Kier molecular flexibility index (Phi) is 8.09. The minimum absolute atomic E-state index is 0.0663. The van der Waals surface area contributed by atoms with Crippen molar-refractivity contribution in [1.82, 2.24) is 4.90 Å². The highest BCUT2D eigenvalue weighted by molar-refractivity contribution is 5.70. The second-order valence-corrected chi connectivity index (χ2v) is 9.03. The zero-order chi connectivity index (χ0) is 26.4. The van der Waals surface area contributed by atoms with E-state index in [0.717, 1.165) is 17.2 Å². The van der Waals surface area contributed by atoms with E-state index in [2.05, 4.69) is 4.90 Å². The van der Waals surface area contributed by atoms with Gasteiger partial charge in [-0.3, -0.25) is 9.69 Å². The van der Waals surface area contributed by atoms with Crippen molar-refractivity contribution in [1.29, 1.82) is 0 Å². The summed E-state index contributed by atoms with van der Waals surface area (Å²) < 4.78 is 41.2. The van der Waals surface area contributed by atoms with Crippen molar-refractivity contribution in [3.05, 3.63) is 131 Å². The third kappa shape index (κ3) is 6.46. The number of hydrogen-bond donors (Lipinski definition) is 1. The first-order valence-corrected chi connectivity index (χ1v) is 12.1. The van der Waals surface area contributed by atoms with Gasteiger partial charge in [0, 0.05) is 18.6 Å². The predicted molar refractivity (Wildman–Crippen MR) is 139 cm³/mol. The number of benzene rings is 4. The molecule has 0 amide bonds. The minimum atomic E-state index is -4.51. The van der Waals surface area contributed by atoms with Gasteiger partial charge in [-0.25, -0.2) is 0 Å². The molecule has 0 unspecified atom stereocenters. The number of carbonyl (C=O) groups is 1. The lowest BCUT2D eigenvalue weighted by atomic mass is 9.92. The van der Waals surface area contributed by atoms with Crippen LogP contribution in [0.5, 0.6) is 0 Å². The molecule has 0 aromatic heterocycles. The number of halogens is 3. The molecule has 6 heteroatoms. The zero-order valence-corrected chi connectivity index (χ0v) is 20.4. The van der Waals surface area contributed by atoms with Crippen LogP contribution in [-0.2, 0) is 17.5 Å². The molecule has 0 aliphatic carbocycles. The predicted octanol–water partition coefficient (Wildman–Crippen LogP) is 8.15. The highest BCUT2D eigenvalue weighted by Gasteiger charge is 2.34. The summed E-state index contributed by atoms with van der Waals surface area (Å²) in [4.78, 5) is 14.2. The molecule has 0 spiro atoms. The molecule has 0 radical (unpaired) electrons. The second kappa shape index (κ2) is 11.4. The molecule has 0 bridgehead atoms. The molecular weight excluding hydrogens is 475 g/mol. The van der Waals surface area contributed by atoms with Crippen LogP contribution >= 0.6 is 0 Å². The maximum absolute atomic E-state index is 13.7. The van der Waals surface area contributed by atoms with Crippen molar-refractivity contribution in [2.75, 3.05) is 0 Å². The van der Waals surface area contributed by atoms with E-state index >= 15 is 0 Å². The largest absolute Gasteiger partial charge is 0.481 e. The fourth-order valence-corrected chi connectivity index (χ4v) is 4.72. The molecule has 3 nitrogen and oxygen atoms in total. The molecule has 0 aliphatic heterocycles. The summed E-state index contributed by atoms with van der Waals surface area (Å²) in [5, 5.41) is 9.87. The molecule has 4 aromatic carbocycles. The van der Waals surface area contributed by atoms with E-state index in [1.807, 2.05) is 67.6 Å². The van der Waals surface area contributed by atoms with Gasteiger partial charge in [-0.15, -0.1) is 0 Å². The number of aliphatic carboxylic acids is 1. The van der Waals surface area contributed by atoms with Crippen LogP contribution in [0.4, 0.5) is 13.2 Å². The summed E-state index contributed by atoms with van der Waals surface area (Å²) in [6.45, 7) is 2.49. The van der Waals surface area contributed by atoms with Gasteiger partial charge in [0.2, 0.25) is 0 Å². The molecule has 1 N–H and O–H groups in total. The normalized spacial score (nSPS) is 13.3. The summed E-state index contributed by atoms with van der Waals surface area (Å²) in [7, 11) is 0. The summed E-state index contributed by atoms with van der Waals surface area (Å²) in [5.41, 5.74) is 2.42. The summed E-state index contributed by atoms with van der Waals surface area (Å²) >= 11 is 0. The highest BCUT2D eigenvalue weighted by Crippen LogP contribution is 2.39. The summed E-state index contributed by atoms with van der Waals surface area (Å²) in [5.74, 6) is -0.982. The van der Waals surface area contributed by atoms with Gasteiger partial charge in [0.05, 0.1) is 12.0 Å². The van der Waals surface area contributed by atoms with Crippen LogP contribution in [0.25, 0.3) is 11.1 Å². The van der Waals surface area contributed by atoms with Crippen molar-refractivity contribution in [3.63, 3.8) is 0 Å². The van der Waals surface area contributed by atoms with Crippen LogP contribution in [0.3, 0.4) is 0 Å². The van der Waals surface area contributed by atoms with Crippen molar-refractivity contribution >= 4 is 5.97 Å². The van der Waals surface area contributed by atoms with Crippen LogP contribution < -0.4 is 0 Å². The molecule has 4 aromatic rings. The third-order valence-electron chi connectivity index (χ3n) is 6.57. The molecule has 190 valence electrons. The number of rotatable bonds is 9. The van der Waals surface area contributed by atoms with Gasteiger partial charge in [-0.05, 0) is 46.9 Å². The molecule has 0 fully saturated rings. The molecule has 0 aliphatic rings. The Morgan fingerprint density at radius 3 is 2.05 bits per heavy atom. The van der Waals surface area contributed by atoms with Crippen molar-refractivity contribution in [3.8, 4) is 11.1 Å². The number of carboxylic acids is 1. The monoisotopic (exact) mass is 503 g/mol. The first kappa shape index (κ1) is 26.2. The Bertz CT molecular complexity index is 1320. The van der Waals surface area contributed by atoms with E-state index in [1.54, 1.807) is 30.3 Å². The highest BCUT2D eigenvalue weighted by atomic mass is 19.4. The van der Waals surface area contributed by atoms with Crippen LogP contribution in [0.1, 0.15) is 47.7 Å². The van der Waals surface area contributed by atoms with Crippen molar-refractivity contribution < 1.29 is 23.1 Å². The van der Waals surface area contributed by atoms with E-state index in [0.29, 0.717) is 17.7 Å². The smallest absolute Gasteiger partial charge is 0.417 e. The van der Waals surface area contributed by atoms with E-state index in [4.69, 9.17) is 0 Å². The van der Waals surface area contributed by atoms with Crippen LogP contribution in [0, 0.1) is 0 Å². The number of carboxylic acid groups (broad SMARTS) is 1. The number of alkyl halides is 3. The van der Waals surface area contributed by atoms with E-state index < -0.39 is 23.8 Å². The molecule has 4 rings (SSSR count). The zero-order valence-electron chi connectivity index (χ0n) is 20.4. The van der Waals surface area contributed by atoms with Crippen LogP contribution in [0.15, 0.2) is 109 Å². The maximum Gasteiger partial charge on any atom is 0.417 e. The Morgan fingerprint density at radius 1 is 0.811 bits per heavy atom. The van der Waals surface area contributed by atoms with Gasteiger partial charge >= 0.3 is 12.1 Å². The molecular formula is C31H28F3NO2. The lowest BCUT2D eigenvalue weighted by molar-refractivity contribution is -0.139. The van der Waals surface area contributed by atoms with E-state index in [-0.39, 0.29) is 18.0 Å². The topological polar surface area (TPSA) is 40.5 Å².